The minimum atomic E-state index is -0.199. The van der Waals surface area contributed by atoms with Gasteiger partial charge in [0, 0.05) is 24.0 Å². The number of hydrogen-bond acceptors (Lipinski definition) is 3. The smallest absolute Gasteiger partial charge is 0.274 e. The topological polar surface area (TPSA) is 64.7 Å². The van der Waals surface area contributed by atoms with Crippen molar-refractivity contribution in [1.82, 2.24) is 19.6 Å². The molecule has 118 valence electrons. The lowest BCUT2D eigenvalue weighted by Crippen LogP contribution is -2.17. The monoisotopic (exact) mass is 329 g/mol. The average molecular weight is 330 g/mol. The van der Waals surface area contributed by atoms with Crippen molar-refractivity contribution in [2.75, 3.05) is 5.32 Å². The summed E-state index contributed by atoms with van der Waals surface area (Å²) in [7, 11) is 0. The lowest BCUT2D eigenvalue weighted by atomic mass is 10.2. The van der Waals surface area contributed by atoms with Crippen LogP contribution in [0.1, 0.15) is 23.0 Å². The average Bonchev–Trinajstić information content (AvgIpc) is 3.18. The highest BCUT2D eigenvalue weighted by molar-refractivity contribution is 6.30. The first kappa shape index (κ1) is 15.3. The summed E-state index contributed by atoms with van der Waals surface area (Å²) < 4.78 is 3.41. The van der Waals surface area contributed by atoms with Crippen LogP contribution in [0.2, 0.25) is 5.02 Å². The van der Waals surface area contributed by atoms with Crippen LogP contribution in [-0.4, -0.2) is 25.5 Å². The molecule has 1 aromatic carbocycles. The molecule has 2 heterocycles. The summed E-state index contributed by atoms with van der Waals surface area (Å²) in [4.78, 5) is 12.2. The van der Waals surface area contributed by atoms with Crippen molar-refractivity contribution in [3.05, 3.63) is 65.2 Å². The second-order valence-corrected chi connectivity index (χ2v) is 5.48. The van der Waals surface area contributed by atoms with Crippen molar-refractivity contribution in [2.45, 2.75) is 20.0 Å². The van der Waals surface area contributed by atoms with Crippen molar-refractivity contribution in [3.63, 3.8) is 0 Å². The van der Waals surface area contributed by atoms with Gasteiger partial charge in [0.15, 0.2) is 0 Å². The van der Waals surface area contributed by atoms with Crippen molar-refractivity contribution in [2.24, 2.45) is 0 Å². The van der Waals surface area contributed by atoms with Gasteiger partial charge in [-0.1, -0.05) is 23.7 Å². The molecule has 0 saturated carbocycles. The van der Waals surface area contributed by atoms with E-state index >= 15 is 0 Å². The van der Waals surface area contributed by atoms with Crippen LogP contribution in [0.15, 0.2) is 48.9 Å². The minimum Gasteiger partial charge on any atom is -0.318 e. The van der Waals surface area contributed by atoms with Gasteiger partial charge in [-0.2, -0.15) is 10.2 Å². The molecule has 0 fully saturated rings. The molecule has 1 N–H and O–H groups in total. The molecule has 0 saturated heterocycles. The van der Waals surface area contributed by atoms with Crippen molar-refractivity contribution in [3.8, 4) is 0 Å². The van der Waals surface area contributed by atoms with E-state index in [0.717, 1.165) is 5.56 Å². The maximum Gasteiger partial charge on any atom is 0.274 e. The fourth-order valence-corrected chi connectivity index (χ4v) is 2.39. The molecule has 3 aromatic rings. The van der Waals surface area contributed by atoms with E-state index in [1.54, 1.807) is 34.0 Å². The Labute approximate surface area is 138 Å². The Morgan fingerprint density at radius 1 is 1.22 bits per heavy atom. The number of nitrogens with zero attached hydrogens (tertiary/aromatic N) is 4. The van der Waals surface area contributed by atoms with E-state index in [4.69, 9.17) is 11.6 Å². The molecule has 0 aliphatic rings. The summed E-state index contributed by atoms with van der Waals surface area (Å²) in [5.74, 6) is -0.199. The van der Waals surface area contributed by atoms with Gasteiger partial charge in [-0.25, -0.2) is 0 Å². The fourth-order valence-electron chi connectivity index (χ4n) is 2.26. The summed E-state index contributed by atoms with van der Waals surface area (Å²) in [6.45, 7) is 3.19. The summed E-state index contributed by atoms with van der Waals surface area (Å²) in [5.41, 5.74) is 2.25. The van der Waals surface area contributed by atoms with E-state index in [0.29, 0.717) is 29.5 Å². The molecule has 0 radical (unpaired) electrons. The Bertz CT molecular complexity index is 806. The van der Waals surface area contributed by atoms with Crippen molar-refractivity contribution >= 4 is 23.2 Å². The molecule has 0 bridgehead atoms. The van der Waals surface area contributed by atoms with Crippen LogP contribution < -0.4 is 5.32 Å². The molecule has 7 heteroatoms. The molecule has 6 nitrogen and oxygen atoms in total. The highest BCUT2D eigenvalue weighted by Gasteiger charge is 2.12. The fraction of sp³-hybridized carbons (Fsp3) is 0.188. The van der Waals surface area contributed by atoms with Crippen LogP contribution in [0.4, 0.5) is 5.69 Å². The third-order valence-electron chi connectivity index (χ3n) is 3.40. The van der Waals surface area contributed by atoms with E-state index < -0.39 is 0 Å². The number of rotatable bonds is 5. The number of halogens is 1. The summed E-state index contributed by atoms with van der Waals surface area (Å²) in [5, 5.41) is 11.9. The molecule has 0 spiro atoms. The lowest BCUT2D eigenvalue weighted by Gasteiger charge is -2.04. The normalized spacial score (nSPS) is 10.7. The number of carbonyl (C=O) groups excluding carboxylic acids is 1. The van der Waals surface area contributed by atoms with Gasteiger partial charge in [0.25, 0.3) is 5.91 Å². The van der Waals surface area contributed by atoms with Gasteiger partial charge in [0.1, 0.15) is 5.69 Å². The third-order valence-corrected chi connectivity index (χ3v) is 3.65. The number of hydrogen-bond donors (Lipinski definition) is 1. The summed E-state index contributed by atoms with van der Waals surface area (Å²) in [6, 6.07) is 9.27. The van der Waals surface area contributed by atoms with Gasteiger partial charge in [0.2, 0.25) is 0 Å². The summed E-state index contributed by atoms with van der Waals surface area (Å²) in [6.07, 6.45) is 5.03. The molecular formula is C16H16ClN5O. The standard InChI is InChI=1S/C16H16ClN5O/c1-2-22-15(7-8-18-22)16(23)20-14-9-19-21(11-14)10-12-3-5-13(17)6-4-12/h3-9,11H,2,10H2,1H3,(H,20,23). The quantitative estimate of drug-likeness (QED) is 0.782. The zero-order chi connectivity index (χ0) is 16.2. The Morgan fingerprint density at radius 2 is 2.00 bits per heavy atom. The molecule has 0 atom stereocenters. The predicted octanol–water partition coefficient (Wildman–Crippen LogP) is 3.05. The van der Waals surface area contributed by atoms with Gasteiger partial charge in [0.05, 0.1) is 18.4 Å². The second kappa shape index (κ2) is 6.66. The molecule has 0 aliphatic heterocycles. The van der Waals surface area contributed by atoms with E-state index in [2.05, 4.69) is 15.5 Å². The predicted molar refractivity (Wildman–Crippen MR) is 88.6 cm³/mol. The van der Waals surface area contributed by atoms with Gasteiger partial charge in [-0.05, 0) is 30.7 Å². The first-order valence-corrected chi connectivity index (χ1v) is 7.63. The largest absolute Gasteiger partial charge is 0.318 e. The van der Waals surface area contributed by atoms with E-state index in [1.807, 2.05) is 31.2 Å². The first-order chi connectivity index (χ1) is 11.2. The number of benzene rings is 1. The van der Waals surface area contributed by atoms with Crippen LogP contribution >= 0.6 is 11.6 Å². The van der Waals surface area contributed by atoms with Crippen LogP contribution in [0.25, 0.3) is 0 Å². The van der Waals surface area contributed by atoms with Gasteiger partial charge >= 0.3 is 0 Å². The Morgan fingerprint density at radius 3 is 2.74 bits per heavy atom. The van der Waals surface area contributed by atoms with Crippen LogP contribution in [-0.2, 0) is 13.1 Å². The Balaban J connectivity index is 1.67. The molecule has 0 unspecified atom stereocenters. The Kier molecular flexibility index (Phi) is 4.43. The first-order valence-electron chi connectivity index (χ1n) is 7.26. The molecule has 2 aromatic heterocycles. The molecule has 1 amide bonds. The maximum atomic E-state index is 12.2. The third kappa shape index (κ3) is 3.60. The molecule has 0 aliphatic carbocycles. The number of anilines is 1. The highest BCUT2D eigenvalue weighted by Crippen LogP contribution is 2.13. The molecular weight excluding hydrogens is 314 g/mol. The van der Waals surface area contributed by atoms with E-state index in [-0.39, 0.29) is 5.91 Å². The van der Waals surface area contributed by atoms with Gasteiger partial charge in [-0.15, -0.1) is 0 Å². The van der Waals surface area contributed by atoms with E-state index in [1.165, 1.54) is 0 Å². The van der Waals surface area contributed by atoms with E-state index in [9.17, 15) is 4.79 Å². The number of aromatic nitrogens is 4. The minimum absolute atomic E-state index is 0.199. The second-order valence-electron chi connectivity index (χ2n) is 5.04. The van der Waals surface area contributed by atoms with Crippen molar-refractivity contribution in [1.29, 1.82) is 0 Å². The number of carbonyl (C=O) groups is 1. The SMILES string of the molecule is CCn1nccc1C(=O)Nc1cnn(Cc2ccc(Cl)cc2)c1. The zero-order valence-corrected chi connectivity index (χ0v) is 13.4. The molecule has 23 heavy (non-hydrogen) atoms. The maximum absolute atomic E-state index is 12.2. The van der Waals surface area contributed by atoms with Crippen LogP contribution in [0, 0.1) is 0 Å². The van der Waals surface area contributed by atoms with Crippen LogP contribution in [0.5, 0.6) is 0 Å². The van der Waals surface area contributed by atoms with Gasteiger partial charge in [-0.3, -0.25) is 14.2 Å². The highest BCUT2D eigenvalue weighted by atomic mass is 35.5. The zero-order valence-electron chi connectivity index (χ0n) is 12.6. The number of aryl methyl sites for hydroxylation is 1. The lowest BCUT2D eigenvalue weighted by molar-refractivity contribution is 0.101. The Hall–Kier alpha value is -2.60. The number of amides is 1. The molecule has 3 rings (SSSR count). The number of nitrogens with one attached hydrogen (secondary N) is 1. The van der Waals surface area contributed by atoms with Crippen molar-refractivity contribution < 1.29 is 4.79 Å². The van der Waals surface area contributed by atoms with Crippen LogP contribution in [0.3, 0.4) is 0 Å². The van der Waals surface area contributed by atoms with Gasteiger partial charge < -0.3 is 5.32 Å². The summed E-state index contributed by atoms with van der Waals surface area (Å²) >= 11 is 5.87.